The Balaban J connectivity index is 2.29. The van der Waals surface area contributed by atoms with Gasteiger partial charge in [-0.3, -0.25) is 0 Å². The predicted molar refractivity (Wildman–Crippen MR) is 86.7 cm³/mol. The molecule has 1 aliphatic heterocycles. The van der Waals surface area contributed by atoms with Crippen molar-refractivity contribution in [2.45, 2.75) is 45.6 Å². The number of rotatable bonds is 3. The maximum Gasteiger partial charge on any atom is 0.0382 e. The molecule has 0 amide bonds. The molecule has 1 atom stereocenters. The molecule has 2 N–H and O–H groups in total. The number of nitrogens with zero attached hydrogens (tertiary/aromatic N) is 1. The average molecular weight is 325 g/mol. The molecule has 0 aliphatic carbocycles. The van der Waals surface area contributed by atoms with E-state index in [9.17, 15) is 0 Å². The van der Waals surface area contributed by atoms with E-state index in [0.717, 1.165) is 19.5 Å². The van der Waals surface area contributed by atoms with E-state index in [2.05, 4.69) is 59.8 Å². The van der Waals surface area contributed by atoms with Crippen LogP contribution in [0.3, 0.4) is 0 Å². The van der Waals surface area contributed by atoms with Crippen molar-refractivity contribution in [1.82, 2.24) is 0 Å². The number of halogens is 1. The van der Waals surface area contributed by atoms with Gasteiger partial charge < -0.3 is 10.6 Å². The molecule has 19 heavy (non-hydrogen) atoms. The summed E-state index contributed by atoms with van der Waals surface area (Å²) in [6, 6.07) is 6.69. The van der Waals surface area contributed by atoms with Crippen LogP contribution in [0.1, 0.15) is 38.7 Å². The zero-order chi connectivity index (χ0) is 14.0. The molecular weight excluding hydrogens is 300 g/mol. The molecule has 2 rings (SSSR count). The minimum absolute atomic E-state index is 0.187. The van der Waals surface area contributed by atoms with E-state index < -0.39 is 0 Å². The van der Waals surface area contributed by atoms with E-state index in [1.807, 2.05) is 0 Å². The molecule has 0 radical (unpaired) electrons. The third-order valence-electron chi connectivity index (χ3n) is 4.61. The second-order valence-corrected chi connectivity index (χ2v) is 7.01. The van der Waals surface area contributed by atoms with Gasteiger partial charge in [0.25, 0.3) is 0 Å². The molecule has 0 saturated carbocycles. The summed E-state index contributed by atoms with van der Waals surface area (Å²) in [6.45, 7) is 8.79. The number of hydrogen-bond acceptors (Lipinski definition) is 2. The molecule has 1 heterocycles. The Morgan fingerprint density at radius 1 is 1.42 bits per heavy atom. The summed E-state index contributed by atoms with van der Waals surface area (Å²) in [7, 11) is 0. The van der Waals surface area contributed by atoms with Gasteiger partial charge >= 0.3 is 0 Å². The van der Waals surface area contributed by atoms with Crippen molar-refractivity contribution in [3.05, 3.63) is 28.2 Å². The molecule has 1 aliphatic rings. The van der Waals surface area contributed by atoms with Crippen LogP contribution < -0.4 is 10.6 Å². The fourth-order valence-corrected chi connectivity index (χ4v) is 3.63. The maximum absolute atomic E-state index is 5.78. The van der Waals surface area contributed by atoms with Gasteiger partial charge in [0.15, 0.2) is 0 Å². The highest BCUT2D eigenvalue weighted by molar-refractivity contribution is 9.10. The second-order valence-electron chi connectivity index (χ2n) is 6.16. The van der Waals surface area contributed by atoms with Crippen LogP contribution in [-0.2, 0) is 0 Å². The van der Waals surface area contributed by atoms with Gasteiger partial charge in [-0.25, -0.2) is 0 Å². The van der Waals surface area contributed by atoms with Crippen LogP contribution in [0, 0.1) is 12.8 Å². The number of nitrogens with two attached hydrogens (primary N) is 1. The first-order valence-electron chi connectivity index (χ1n) is 7.20. The molecule has 0 bridgehead atoms. The predicted octanol–water partition coefficient (Wildman–Crippen LogP) is 4.10. The number of hydrogen-bond donors (Lipinski definition) is 1. The lowest BCUT2D eigenvalue weighted by atomic mass is 9.77. The summed E-state index contributed by atoms with van der Waals surface area (Å²) in [4.78, 5) is 2.56. The van der Waals surface area contributed by atoms with Gasteiger partial charge in [0.2, 0.25) is 0 Å². The zero-order valence-electron chi connectivity index (χ0n) is 12.2. The molecule has 1 aromatic carbocycles. The summed E-state index contributed by atoms with van der Waals surface area (Å²) >= 11 is 3.65. The van der Waals surface area contributed by atoms with Crippen molar-refractivity contribution < 1.29 is 0 Å². The average Bonchev–Trinajstić information content (AvgIpc) is 2.35. The Labute approximate surface area is 125 Å². The Kier molecular flexibility index (Phi) is 4.57. The van der Waals surface area contributed by atoms with Gasteiger partial charge in [0.1, 0.15) is 0 Å². The first kappa shape index (κ1) is 14.9. The largest absolute Gasteiger partial charge is 0.366 e. The molecule has 1 saturated heterocycles. The molecule has 0 aromatic heterocycles. The van der Waals surface area contributed by atoms with Gasteiger partial charge in [0.05, 0.1) is 0 Å². The van der Waals surface area contributed by atoms with Crippen molar-refractivity contribution in [2.24, 2.45) is 11.7 Å². The third-order valence-corrected chi connectivity index (χ3v) is 5.47. The molecular formula is C16H25BrN2. The first-order chi connectivity index (χ1) is 8.96. The van der Waals surface area contributed by atoms with Crippen LogP contribution in [0.25, 0.3) is 0 Å². The minimum Gasteiger partial charge on any atom is -0.366 e. The molecule has 1 fully saturated rings. The van der Waals surface area contributed by atoms with Gasteiger partial charge in [-0.2, -0.15) is 0 Å². The standard InChI is InChI=1S/C16H25BrN2/c1-12-6-7-14(11-15(12)17)19-10-4-5-13(8-9-18)16(19,2)3/h6-7,11,13H,4-5,8-10,18H2,1-3H3. The zero-order valence-corrected chi connectivity index (χ0v) is 13.8. The van der Waals surface area contributed by atoms with E-state index in [1.165, 1.54) is 28.6 Å². The van der Waals surface area contributed by atoms with Crippen molar-refractivity contribution >= 4 is 21.6 Å². The Morgan fingerprint density at radius 3 is 2.79 bits per heavy atom. The smallest absolute Gasteiger partial charge is 0.0382 e. The van der Waals surface area contributed by atoms with Crippen LogP contribution in [-0.4, -0.2) is 18.6 Å². The fraction of sp³-hybridized carbons (Fsp3) is 0.625. The Morgan fingerprint density at radius 2 is 2.16 bits per heavy atom. The number of benzene rings is 1. The highest BCUT2D eigenvalue weighted by atomic mass is 79.9. The highest BCUT2D eigenvalue weighted by Crippen LogP contribution is 2.39. The van der Waals surface area contributed by atoms with Gasteiger partial charge in [-0.1, -0.05) is 22.0 Å². The molecule has 1 unspecified atom stereocenters. The van der Waals surface area contributed by atoms with Gasteiger partial charge in [-0.05, 0) is 70.2 Å². The summed E-state index contributed by atoms with van der Waals surface area (Å²) in [5.74, 6) is 0.686. The molecule has 2 nitrogen and oxygen atoms in total. The van der Waals surface area contributed by atoms with Crippen molar-refractivity contribution in [3.8, 4) is 0 Å². The normalized spacial score (nSPS) is 22.6. The van der Waals surface area contributed by atoms with Crippen molar-refractivity contribution in [2.75, 3.05) is 18.0 Å². The lowest BCUT2D eigenvalue weighted by Crippen LogP contribution is -2.54. The van der Waals surface area contributed by atoms with Crippen LogP contribution in [0.5, 0.6) is 0 Å². The summed E-state index contributed by atoms with van der Waals surface area (Å²) in [5.41, 5.74) is 8.58. The van der Waals surface area contributed by atoms with Crippen LogP contribution >= 0.6 is 15.9 Å². The van der Waals surface area contributed by atoms with E-state index in [0.29, 0.717) is 5.92 Å². The maximum atomic E-state index is 5.78. The molecule has 0 spiro atoms. The van der Waals surface area contributed by atoms with Crippen LogP contribution in [0.4, 0.5) is 5.69 Å². The van der Waals surface area contributed by atoms with Gasteiger partial charge in [-0.15, -0.1) is 0 Å². The van der Waals surface area contributed by atoms with Crippen molar-refractivity contribution in [1.29, 1.82) is 0 Å². The Hall–Kier alpha value is -0.540. The van der Waals surface area contributed by atoms with Crippen LogP contribution in [0.2, 0.25) is 0 Å². The monoisotopic (exact) mass is 324 g/mol. The molecule has 106 valence electrons. The van der Waals surface area contributed by atoms with E-state index in [4.69, 9.17) is 5.73 Å². The number of anilines is 1. The number of aryl methyl sites for hydroxylation is 1. The summed E-state index contributed by atoms with van der Waals surface area (Å²) in [6.07, 6.45) is 3.68. The topological polar surface area (TPSA) is 29.3 Å². The quantitative estimate of drug-likeness (QED) is 0.906. The lowest BCUT2D eigenvalue weighted by Gasteiger charge is -2.49. The van der Waals surface area contributed by atoms with Crippen molar-refractivity contribution in [3.63, 3.8) is 0 Å². The third kappa shape index (κ3) is 2.97. The fourth-order valence-electron chi connectivity index (χ4n) is 3.27. The summed E-state index contributed by atoms with van der Waals surface area (Å²) in [5, 5.41) is 0. The minimum atomic E-state index is 0.187. The van der Waals surface area contributed by atoms with Crippen LogP contribution in [0.15, 0.2) is 22.7 Å². The Bertz CT molecular complexity index is 440. The first-order valence-corrected chi connectivity index (χ1v) is 8.00. The highest BCUT2D eigenvalue weighted by Gasteiger charge is 2.37. The molecule has 1 aromatic rings. The molecule has 3 heteroatoms. The second kappa shape index (κ2) is 5.84. The van der Waals surface area contributed by atoms with E-state index >= 15 is 0 Å². The van der Waals surface area contributed by atoms with Gasteiger partial charge in [0, 0.05) is 22.2 Å². The SMILES string of the molecule is Cc1ccc(N2CCCC(CCN)C2(C)C)cc1Br. The van der Waals surface area contributed by atoms with E-state index in [1.54, 1.807) is 0 Å². The number of piperidine rings is 1. The van der Waals surface area contributed by atoms with E-state index in [-0.39, 0.29) is 5.54 Å². The summed E-state index contributed by atoms with van der Waals surface area (Å²) < 4.78 is 1.20. The lowest BCUT2D eigenvalue weighted by molar-refractivity contribution is 0.227.